The van der Waals surface area contributed by atoms with Gasteiger partial charge in [-0.3, -0.25) is 4.79 Å². The van der Waals surface area contributed by atoms with Gasteiger partial charge in [0.15, 0.2) is 0 Å². The van der Waals surface area contributed by atoms with Gasteiger partial charge in [0.05, 0.1) is 11.1 Å². The van der Waals surface area contributed by atoms with Crippen molar-refractivity contribution in [2.75, 3.05) is 6.61 Å². The van der Waals surface area contributed by atoms with E-state index in [-0.39, 0.29) is 17.0 Å². The molecule has 18 heavy (non-hydrogen) atoms. The lowest BCUT2D eigenvalue weighted by Crippen LogP contribution is -2.36. The van der Waals surface area contributed by atoms with Crippen LogP contribution < -0.4 is 0 Å². The minimum Gasteiger partial charge on any atom is -0.464 e. The number of ether oxygens (including phenoxy) is 1. The zero-order valence-corrected chi connectivity index (χ0v) is 11.9. The van der Waals surface area contributed by atoms with Crippen LogP contribution in [0.4, 0.5) is 4.39 Å². The number of carbonyl (C=O) groups is 1. The SMILES string of the molecule is O=C1CCC(N(Br)Cc2cccc(Cl)c2F)CO1. The largest absolute Gasteiger partial charge is 0.464 e. The summed E-state index contributed by atoms with van der Waals surface area (Å²) in [5.41, 5.74) is 0.510. The van der Waals surface area contributed by atoms with Crippen LogP contribution in [0.25, 0.3) is 0 Å². The van der Waals surface area contributed by atoms with Crippen LogP contribution in [0.2, 0.25) is 5.02 Å². The lowest BCUT2D eigenvalue weighted by atomic mass is 10.1. The van der Waals surface area contributed by atoms with Crippen molar-refractivity contribution < 1.29 is 13.9 Å². The first-order chi connectivity index (χ1) is 8.58. The summed E-state index contributed by atoms with van der Waals surface area (Å²) < 4.78 is 20.5. The molecule has 0 amide bonds. The van der Waals surface area contributed by atoms with Crippen LogP contribution in [0.5, 0.6) is 0 Å². The molecule has 0 aromatic heterocycles. The fourth-order valence-electron chi connectivity index (χ4n) is 1.81. The van der Waals surface area contributed by atoms with Crippen LogP contribution in [0.15, 0.2) is 18.2 Å². The third kappa shape index (κ3) is 3.22. The molecule has 1 aromatic rings. The summed E-state index contributed by atoms with van der Waals surface area (Å²) in [5, 5.41) is 0.114. The van der Waals surface area contributed by atoms with Gasteiger partial charge in [-0.05, 0) is 12.5 Å². The third-order valence-electron chi connectivity index (χ3n) is 2.87. The van der Waals surface area contributed by atoms with E-state index in [9.17, 15) is 9.18 Å². The summed E-state index contributed by atoms with van der Waals surface area (Å²) in [6.07, 6.45) is 1.09. The third-order valence-corrected chi connectivity index (χ3v) is 3.99. The maximum absolute atomic E-state index is 13.7. The number of rotatable bonds is 3. The summed E-state index contributed by atoms with van der Waals surface area (Å²) >= 11 is 9.11. The molecule has 0 spiro atoms. The fraction of sp³-hybridized carbons (Fsp3) is 0.417. The number of nitrogens with zero attached hydrogens (tertiary/aromatic N) is 1. The smallest absolute Gasteiger partial charge is 0.305 e. The van der Waals surface area contributed by atoms with E-state index >= 15 is 0 Å². The maximum atomic E-state index is 13.7. The van der Waals surface area contributed by atoms with E-state index in [0.29, 0.717) is 31.6 Å². The Labute approximate surface area is 118 Å². The van der Waals surface area contributed by atoms with E-state index in [4.69, 9.17) is 16.3 Å². The number of carbonyl (C=O) groups excluding carboxylic acids is 1. The summed E-state index contributed by atoms with van der Waals surface area (Å²) in [6, 6.07) is 4.97. The van der Waals surface area contributed by atoms with Gasteiger partial charge in [-0.15, -0.1) is 0 Å². The fourth-order valence-corrected chi connectivity index (χ4v) is 2.60. The quantitative estimate of drug-likeness (QED) is 0.626. The Morgan fingerprint density at radius 2 is 2.33 bits per heavy atom. The van der Waals surface area contributed by atoms with Crippen LogP contribution in [0.3, 0.4) is 0 Å². The molecule has 1 fully saturated rings. The van der Waals surface area contributed by atoms with Gasteiger partial charge in [0.2, 0.25) is 0 Å². The highest BCUT2D eigenvalue weighted by Crippen LogP contribution is 2.24. The molecular weight excluding hydrogens is 324 g/mol. The van der Waals surface area contributed by atoms with Gasteiger partial charge in [-0.25, -0.2) is 8.32 Å². The molecule has 0 bridgehead atoms. The molecule has 0 saturated carbocycles. The Morgan fingerprint density at radius 1 is 1.56 bits per heavy atom. The summed E-state index contributed by atoms with van der Waals surface area (Å²) in [6.45, 7) is 0.695. The van der Waals surface area contributed by atoms with E-state index < -0.39 is 5.82 Å². The topological polar surface area (TPSA) is 29.5 Å². The molecule has 6 heteroatoms. The Balaban J connectivity index is 2.00. The van der Waals surface area contributed by atoms with Crippen molar-refractivity contribution in [3.8, 4) is 0 Å². The number of hydrogen-bond donors (Lipinski definition) is 0. The first-order valence-corrected chi connectivity index (χ1v) is 6.67. The number of hydrogen-bond acceptors (Lipinski definition) is 3. The second-order valence-corrected chi connectivity index (χ2v) is 5.46. The standard InChI is InChI=1S/C12H12BrClFNO2/c13-16(9-4-5-11(17)18-7-9)6-8-2-1-3-10(14)12(8)15/h1-3,9H,4-7H2. The molecule has 1 atom stereocenters. The highest BCUT2D eigenvalue weighted by molar-refractivity contribution is 9.07. The lowest BCUT2D eigenvalue weighted by Gasteiger charge is -2.28. The minimum atomic E-state index is -0.406. The molecule has 2 rings (SSSR count). The molecule has 0 radical (unpaired) electrons. The molecule has 3 nitrogen and oxygen atoms in total. The predicted molar refractivity (Wildman–Crippen MR) is 69.9 cm³/mol. The van der Waals surface area contributed by atoms with Crippen molar-refractivity contribution in [1.29, 1.82) is 0 Å². The molecule has 1 heterocycles. The van der Waals surface area contributed by atoms with Gasteiger partial charge in [0, 0.05) is 34.7 Å². The Morgan fingerprint density at radius 3 is 3.00 bits per heavy atom. The zero-order chi connectivity index (χ0) is 13.1. The van der Waals surface area contributed by atoms with E-state index in [0.717, 1.165) is 0 Å². The van der Waals surface area contributed by atoms with Gasteiger partial charge >= 0.3 is 5.97 Å². The van der Waals surface area contributed by atoms with Crippen molar-refractivity contribution in [1.82, 2.24) is 3.93 Å². The molecule has 1 saturated heterocycles. The number of benzene rings is 1. The minimum absolute atomic E-state index is 0.0566. The van der Waals surface area contributed by atoms with Gasteiger partial charge < -0.3 is 4.74 Å². The molecule has 1 aromatic carbocycles. The first kappa shape index (κ1) is 13.8. The monoisotopic (exact) mass is 335 g/mol. The molecular formula is C12H12BrClFNO2. The van der Waals surface area contributed by atoms with E-state index in [2.05, 4.69) is 16.1 Å². The molecule has 0 N–H and O–H groups in total. The normalized spacial score (nSPS) is 20.0. The van der Waals surface area contributed by atoms with Crippen LogP contribution in [0.1, 0.15) is 18.4 Å². The molecule has 0 aliphatic carbocycles. The van der Waals surface area contributed by atoms with Crippen molar-refractivity contribution in [2.45, 2.75) is 25.4 Å². The second kappa shape index (κ2) is 5.99. The molecule has 1 aliphatic rings. The van der Waals surface area contributed by atoms with E-state index in [1.54, 1.807) is 16.1 Å². The zero-order valence-electron chi connectivity index (χ0n) is 9.54. The first-order valence-electron chi connectivity index (χ1n) is 5.59. The van der Waals surface area contributed by atoms with Crippen LogP contribution >= 0.6 is 27.7 Å². The van der Waals surface area contributed by atoms with Gasteiger partial charge in [0.25, 0.3) is 0 Å². The van der Waals surface area contributed by atoms with Crippen molar-refractivity contribution >= 4 is 33.7 Å². The lowest BCUT2D eigenvalue weighted by molar-refractivity contribution is -0.149. The van der Waals surface area contributed by atoms with E-state index in [1.807, 2.05) is 0 Å². The summed E-state index contributed by atoms with van der Waals surface area (Å²) in [4.78, 5) is 11.0. The highest BCUT2D eigenvalue weighted by atomic mass is 79.9. The average Bonchev–Trinajstić information content (AvgIpc) is 2.36. The summed E-state index contributed by atoms with van der Waals surface area (Å²) in [7, 11) is 0. The highest BCUT2D eigenvalue weighted by Gasteiger charge is 2.25. The van der Waals surface area contributed by atoms with Crippen LogP contribution in [-0.4, -0.2) is 22.5 Å². The Bertz CT molecular complexity index is 448. The molecule has 1 unspecified atom stereocenters. The summed E-state index contributed by atoms with van der Waals surface area (Å²) in [5.74, 6) is -0.586. The van der Waals surface area contributed by atoms with Gasteiger partial charge in [0.1, 0.15) is 12.4 Å². The second-order valence-electron chi connectivity index (χ2n) is 4.15. The molecule has 98 valence electrons. The molecule has 1 aliphatic heterocycles. The maximum Gasteiger partial charge on any atom is 0.305 e. The van der Waals surface area contributed by atoms with Gasteiger partial charge in [-0.1, -0.05) is 23.7 Å². The van der Waals surface area contributed by atoms with E-state index in [1.165, 1.54) is 6.07 Å². The Kier molecular flexibility index (Phi) is 4.59. The average molecular weight is 337 g/mol. The van der Waals surface area contributed by atoms with Crippen molar-refractivity contribution in [3.05, 3.63) is 34.6 Å². The van der Waals surface area contributed by atoms with Crippen LogP contribution in [-0.2, 0) is 16.1 Å². The predicted octanol–water partition coefficient (Wildman–Crippen LogP) is 3.30. The number of cyclic esters (lactones) is 1. The Hall–Kier alpha value is -0.650. The van der Waals surface area contributed by atoms with Gasteiger partial charge in [-0.2, -0.15) is 0 Å². The number of esters is 1. The van der Waals surface area contributed by atoms with Crippen molar-refractivity contribution in [3.63, 3.8) is 0 Å². The van der Waals surface area contributed by atoms with Crippen LogP contribution in [0, 0.1) is 5.82 Å². The number of halogens is 3. The van der Waals surface area contributed by atoms with Crippen molar-refractivity contribution in [2.24, 2.45) is 0 Å².